The van der Waals surface area contributed by atoms with Gasteiger partial charge in [0.25, 0.3) is 0 Å². The molecule has 0 aliphatic heterocycles. The van der Waals surface area contributed by atoms with Gasteiger partial charge in [0.1, 0.15) is 12.2 Å². The molecule has 84 valence electrons. The number of ether oxygens (including phenoxy) is 1. The Morgan fingerprint density at radius 1 is 1.60 bits per heavy atom. The van der Waals surface area contributed by atoms with Crippen LogP contribution in [0.15, 0.2) is 29.0 Å². The fourth-order valence-corrected chi connectivity index (χ4v) is 1.36. The third-order valence-corrected chi connectivity index (χ3v) is 2.45. The van der Waals surface area contributed by atoms with Crippen molar-refractivity contribution in [3.8, 4) is 0 Å². The molecule has 0 aromatic heterocycles. The smallest absolute Gasteiger partial charge is 0.103 e. The molecule has 3 nitrogen and oxygen atoms in total. The predicted molar refractivity (Wildman–Crippen MR) is 59.1 cm³/mol. The Hall–Kier alpha value is -0.280. The third kappa shape index (κ3) is 4.39. The molecule has 0 aromatic rings. The summed E-state index contributed by atoms with van der Waals surface area (Å²) in [4.78, 5) is 0. The van der Waals surface area contributed by atoms with Crippen molar-refractivity contribution in [2.45, 2.75) is 17.6 Å². The monoisotopic (exact) mass is 250 g/mol. The van der Waals surface area contributed by atoms with Crippen LogP contribution in [-0.4, -0.2) is 41.0 Å². The molecule has 1 aliphatic rings. The average molecular weight is 251 g/mol. The first kappa shape index (κ1) is 12.8. The van der Waals surface area contributed by atoms with Crippen LogP contribution < -0.4 is 0 Å². The first-order valence-electron chi connectivity index (χ1n) is 4.48. The van der Waals surface area contributed by atoms with E-state index in [4.69, 9.17) is 38.2 Å². The molecule has 15 heavy (non-hydrogen) atoms. The Bertz CT molecular complexity index is 295. The molecule has 0 amide bonds. The highest BCUT2D eigenvalue weighted by Gasteiger charge is 2.17. The van der Waals surface area contributed by atoms with E-state index in [1.165, 1.54) is 0 Å². The standard InChI is InChI=1S/C10H12Cl2O3/c11-7-1-3-9(12)10(4-2-7)15-6-8(14)5-13/h1,3-4,8-10,13-14H,5-6H2. The van der Waals surface area contributed by atoms with E-state index in [0.29, 0.717) is 5.03 Å². The number of halogens is 2. The van der Waals surface area contributed by atoms with Crippen molar-refractivity contribution in [1.82, 2.24) is 0 Å². The zero-order chi connectivity index (χ0) is 11.3. The predicted octanol–water partition coefficient (Wildman–Crippen LogP) is 1.18. The summed E-state index contributed by atoms with van der Waals surface area (Å²) in [7, 11) is 0. The van der Waals surface area contributed by atoms with Gasteiger partial charge in [0.15, 0.2) is 0 Å². The summed E-state index contributed by atoms with van der Waals surface area (Å²) in [6.07, 6.45) is 3.64. The van der Waals surface area contributed by atoms with E-state index in [1.807, 2.05) is 0 Å². The van der Waals surface area contributed by atoms with Crippen LogP contribution in [0.4, 0.5) is 0 Å². The minimum atomic E-state index is -0.894. The van der Waals surface area contributed by atoms with Gasteiger partial charge in [0, 0.05) is 0 Å². The van der Waals surface area contributed by atoms with Gasteiger partial charge in [0.2, 0.25) is 0 Å². The molecule has 0 bridgehead atoms. The molecule has 0 saturated heterocycles. The summed E-state index contributed by atoms with van der Waals surface area (Å²) in [5.41, 5.74) is 2.78. The molecule has 0 radical (unpaired) electrons. The van der Waals surface area contributed by atoms with E-state index in [-0.39, 0.29) is 18.6 Å². The first-order valence-corrected chi connectivity index (χ1v) is 5.30. The molecule has 0 spiro atoms. The van der Waals surface area contributed by atoms with Gasteiger partial charge in [-0.15, -0.1) is 17.3 Å². The van der Waals surface area contributed by atoms with Crippen LogP contribution >= 0.6 is 23.2 Å². The second-order valence-electron chi connectivity index (χ2n) is 3.10. The van der Waals surface area contributed by atoms with Gasteiger partial charge in [-0.3, -0.25) is 0 Å². The number of rotatable bonds is 4. The summed E-state index contributed by atoms with van der Waals surface area (Å²) >= 11 is 11.7. The maximum absolute atomic E-state index is 9.10. The maximum Gasteiger partial charge on any atom is 0.103 e. The van der Waals surface area contributed by atoms with Crippen LogP contribution in [0.1, 0.15) is 0 Å². The molecule has 2 N–H and O–H groups in total. The number of hydrogen-bond donors (Lipinski definition) is 2. The van der Waals surface area contributed by atoms with Crippen LogP contribution in [0, 0.1) is 0 Å². The van der Waals surface area contributed by atoms with Crippen molar-refractivity contribution >= 4 is 23.2 Å². The van der Waals surface area contributed by atoms with Crippen molar-refractivity contribution in [2.24, 2.45) is 0 Å². The lowest BCUT2D eigenvalue weighted by molar-refractivity contribution is -0.0118. The van der Waals surface area contributed by atoms with E-state index < -0.39 is 12.2 Å². The number of hydrogen-bond acceptors (Lipinski definition) is 3. The highest BCUT2D eigenvalue weighted by Crippen LogP contribution is 2.16. The van der Waals surface area contributed by atoms with Gasteiger partial charge in [-0.2, -0.15) is 0 Å². The Labute approximate surface area is 98.3 Å². The lowest BCUT2D eigenvalue weighted by Crippen LogP contribution is -2.27. The second kappa shape index (κ2) is 6.33. The van der Waals surface area contributed by atoms with Crippen molar-refractivity contribution in [1.29, 1.82) is 0 Å². The molecule has 5 heteroatoms. The fourth-order valence-electron chi connectivity index (χ4n) is 1.00. The van der Waals surface area contributed by atoms with Crippen molar-refractivity contribution in [3.63, 3.8) is 0 Å². The summed E-state index contributed by atoms with van der Waals surface area (Å²) in [5, 5.41) is 17.8. The lowest BCUT2D eigenvalue weighted by atomic mass is 10.2. The Morgan fingerprint density at radius 2 is 2.33 bits per heavy atom. The van der Waals surface area contributed by atoms with Gasteiger partial charge in [0.05, 0.1) is 23.6 Å². The van der Waals surface area contributed by atoms with Crippen LogP contribution in [0.5, 0.6) is 0 Å². The van der Waals surface area contributed by atoms with E-state index in [2.05, 4.69) is 5.73 Å². The molecule has 3 atom stereocenters. The topological polar surface area (TPSA) is 49.7 Å². The Morgan fingerprint density at radius 3 is 3.00 bits per heavy atom. The molecular formula is C10H12Cl2O3. The maximum atomic E-state index is 9.10. The van der Waals surface area contributed by atoms with Gasteiger partial charge in [-0.25, -0.2) is 0 Å². The molecule has 3 unspecified atom stereocenters. The molecule has 1 rings (SSSR count). The van der Waals surface area contributed by atoms with Gasteiger partial charge in [-0.05, 0) is 12.2 Å². The highest BCUT2D eigenvalue weighted by atomic mass is 35.5. The largest absolute Gasteiger partial charge is 0.394 e. The van der Waals surface area contributed by atoms with Crippen LogP contribution in [-0.2, 0) is 4.74 Å². The molecule has 1 aliphatic carbocycles. The SMILES string of the molecule is OCC(O)COC1C=C=C(Cl)C=CC1Cl. The van der Waals surface area contributed by atoms with Crippen LogP contribution in [0.2, 0.25) is 0 Å². The molecule has 0 fully saturated rings. The number of aliphatic hydroxyl groups excluding tert-OH is 2. The minimum Gasteiger partial charge on any atom is -0.394 e. The highest BCUT2D eigenvalue weighted by molar-refractivity contribution is 6.31. The van der Waals surface area contributed by atoms with E-state index in [9.17, 15) is 0 Å². The molecule has 0 saturated carbocycles. The Kier molecular flexibility index (Phi) is 5.40. The van der Waals surface area contributed by atoms with Crippen molar-refractivity contribution in [2.75, 3.05) is 13.2 Å². The van der Waals surface area contributed by atoms with Crippen LogP contribution in [0.25, 0.3) is 0 Å². The number of allylic oxidation sites excluding steroid dienone is 1. The number of alkyl halides is 1. The Balaban J connectivity index is 2.54. The molecular weight excluding hydrogens is 239 g/mol. The van der Waals surface area contributed by atoms with Crippen molar-refractivity contribution < 1.29 is 14.9 Å². The summed E-state index contributed by atoms with van der Waals surface area (Å²) in [5.74, 6) is 0. The third-order valence-electron chi connectivity index (χ3n) is 1.82. The molecule has 0 heterocycles. The van der Waals surface area contributed by atoms with E-state index in [0.717, 1.165) is 0 Å². The number of aliphatic hydroxyl groups is 2. The summed E-state index contributed by atoms with van der Waals surface area (Å²) in [6.45, 7) is -0.316. The van der Waals surface area contributed by atoms with Gasteiger partial charge >= 0.3 is 0 Å². The van der Waals surface area contributed by atoms with E-state index >= 15 is 0 Å². The summed E-state index contributed by atoms with van der Waals surface area (Å²) < 4.78 is 5.29. The van der Waals surface area contributed by atoms with Crippen molar-refractivity contribution in [3.05, 3.63) is 29.0 Å². The van der Waals surface area contributed by atoms with Gasteiger partial charge in [-0.1, -0.05) is 17.7 Å². The lowest BCUT2D eigenvalue weighted by Gasteiger charge is -2.17. The normalized spacial score (nSPS) is 27.3. The average Bonchev–Trinajstić information content (AvgIpc) is 2.39. The second-order valence-corrected chi connectivity index (χ2v) is 4.01. The van der Waals surface area contributed by atoms with E-state index in [1.54, 1.807) is 18.2 Å². The zero-order valence-corrected chi connectivity index (χ0v) is 9.45. The fraction of sp³-hybridized carbons (Fsp3) is 0.500. The molecule has 0 aromatic carbocycles. The zero-order valence-electron chi connectivity index (χ0n) is 7.94. The van der Waals surface area contributed by atoms with Gasteiger partial charge < -0.3 is 14.9 Å². The summed E-state index contributed by atoms with van der Waals surface area (Å²) in [6, 6.07) is 0. The minimum absolute atomic E-state index is 0.0219. The first-order chi connectivity index (χ1) is 7.13. The van der Waals surface area contributed by atoms with Crippen LogP contribution in [0.3, 0.4) is 0 Å². The quantitative estimate of drug-likeness (QED) is 0.582.